The number of rotatable bonds is 17. The lowest BCUT2D eigenvalue weighted by molar-refractivity contribution is -0.396. The molecule has 0 spiro atoms. The second-order valence-corrected chi connectivity index (χ2v) is 14.9. The van der Waals surface area contributed by atoms with E-state index in [0.717, 1.165) is 27.8 Å². The van der Waals surface area contributed by atoms with Gasteiger partial charge >= 0.3 is 0 Å². The van der Waals surface area contributed by atoms with Crippen LogP contribution >= 0.6 is 0 Å². The Morgan fingerprint density at radius 3 is 1.56 bits per heavy atom. The Hall–Kier alpha value is -4.34. The summed E-state index contributed by atoms with van der Waals surface area (Å²) in [5.41, 5.74) is 4.76. The minimum absolute atomic E-state index is 0.145. The number of benzene rings is 5. The molecule has 3 fully saturated rings. The normalized spacial score (nSPS) is 29.4. The minimum Gasteiger partial charge on any atom is -0.387 e. The van der Waals surface area contributed by atoms with E-state index in [0.29, 0.717) is 6.61 Å². The van der Waals surface area contributed by atoms with Crippen LogP contribution in [0.25, 0.3) is 0 Å². The van der Waals surface area contributed by atoms with Crippen molar-refractivity contribution in [1.82, 2.24) is 0 Å². The zero-order valence-electron chi connectivity index (χ0n) is 33.1. The smallest absolute Gasteiger partial charge is 0.187 e. The molecule has 1 unspecified atom stereocenters. The Labute approximate surface area is 345 Å². The average Bonchev–Trinajstić information content (AvgIpc) is 3.30. The fourth-order valence-corrected chi connectivity index (χ4v) is 7.69. The van der Waals surface area contributed by atoms with Crippen LogP contribution in [0.3, 0.4) is 0 Å². The molecule has 5 aromatic rings. The first-order valence-electron chi connectivity index (χ1n) is 20.2. The predicted octanol–water partition coefficient (Wildman–Crippen LogP) is 6.92. The maximum absolute atomic E-state index is 12.1. The van der Waals surface area contributed by atoms with Gasteiger partial charge in [-0.25, -0.2) is 0 Å². The molecule has 59 heavy (non-hydrogen) atoms. The zero-order valence-corrected chi connectivity index (χ0v) is 33.1. The van der Waals surface area contributed by atoms with Gasteiger partial charge in [0, 0.05) is 12.7 Å². The predicted molar refractivity (Wildman–Crippen MR) is 216 cm³/mol. The van der Waals surface area contributed by atoms with Crippen LogP contribution in [0.1, 0.15) is 34.1 Å². The van der Waals surface area contributed by atoms with Crippen LogP contribution in [-0.2, 0) is 73.8 Å². The van der Waals surface area contributed by atoms with Crippen LogP contribution in [0.15, 0.2) is 152 Å². The summed E-state index contributed by atoms with van der Waals surface area (Å²) in [7, 11) is 1.51. The van der Waals surface area contributed by atoms with Crippen molar-refractivity contribution >= 4 is 0 Å². The van der Waals surface area contributed by atoms with Crippen molar-refractivity contribution in [3.8, 4) is 0 Å². The summed E-state index contributed by atoms with van der Waals surface area (Å²) in [4.78, 5) is 0. The van der Waals surface area contributed by atoms with Gasteiger partial charge < -0.3 is 52.5 Å². The number of ether oxygens (including phenoxy) is 10. The summed E-state index contributed by atoms with van der Waals surface area (Å²) in [5, 5.41) is 12.1. The van der Waals surface area contributed by atoms with Gasteiger partial charge in [-0.05, 0) is 22.3 Å². The summed E-state index contributed by atoms with van der Waals surface area (Å²) >= 11 is 0. The number of hydrogen-bond acceptors (Lipinski definition) is 11. The number of aliphatic hydroxyl groups is 1. The van der Waals surface area contributed by atoms with Crippen molar-refractivity contribution in [2.75, 3.05) is 20.3 Å². The second kappa shape index (κ2) is 20.8. The van der Waals surface area contributed by atoms with Crippen molar-refractivity contribution < 1.29 is 52.5 Å². The molecular formula is C48H52O11. The van der Waals surface area contributed by atoms with E-state index in [1.54, 1.807) is 0 Å². The zero-order chi connectivity index (χ0) is 40.2. The quantitative estimate of drug-likeness (QED) is 0.106. The third-order valence-electron chi connectivity index (χ3n) is 10.7. The van der Waals surface area contributed by atoms with Crippen molar-refractivity contribution in [1.29, 1.82) is 0 Å². The fourth-order valence-electron chi connectivity index (χ4n) is 7.69. The highest BCUT2D eigenvalue weighted by atomic mass is 16.8. The van der Waals surface area contributed by atoms with Crippen LogP contribution in [0.5, 0.6) is 0 Å². The monoisotopic (exact) mass is 804 g/mol. The number of fused-ring (bicyclic) bond motifs is 1. The van der Waals surface area contributed by atoms with Crippen molar-refractivity contribution in [2.24, 2.45) is 0 Å². The van der Waals surface area contributed by atoms with Crippen LogP contribution in [0, 0.1) is 0 Å². The molecule has 3 aliphatic rings. The van der Waals surface area contributed by atoms with Gasteiger partial charge in [0.05, 0.1) is 39.6 Å². The van der Waals surface area contributed by atoms with Gasteiger partial charge in [0.25, 0.3) is 0 Å². The highest BCUT2D eigenvalue weighted by molar-refractivity contribution is 5.18. The largest absolute Gasteiger partial charge is 0.387 e. The SMILES string of the molecule is CO[C@@H]1O[C@@H]2COC(c3ccccc3)O[C@H]2[C@H](O)[C@H]1O[C@@H]1O[C@H](COCc2ccccc2)[C@@H](OCc2ccccc2)[C@H](OCc2ccccc2)[C@H]1OCc1ccccc1. The molecule has 8 rings (SSSR count). The molecule has 1 N–H and O–H groups in total. The van der Waals surface area contributed by atoms with Crippen LogP contribution in [-0.4, -0.2) is 86.8 Å². The van der Waals surface area contributed by atoms with E-state index >= 15 is 0 Å². The van der Waals surface area contributed by atoms with Gasteiger partial charge in [-0.1, -0.05) is 152 Å². The third kappa shape index (κ3) is 10.7. The molecule has 0 amide bonds. The maximum atomic E-state index is 12.1. The molecule has 0 saturated carbocycles. The van der Waals surface area contributed by atoms with Gasteiger partial charge in [0.2, 0.25) is 0 Å². The van der Waals surface area contributed by atoms with Crippen LogP contribution < -0.4 is 0 Å². The lowest BCUT2D eigenvalue weighted by atomic mass is 9.96. The molecule has 0 aromatic heterocycles. The summed E-state index contributed by atoms with van der Waals surface area (Å²) in [5.74, 6) is 0. The Morgan fingerprint density at radius 2 is 1.02 bits per heavy atom. The number of hydrogen-bond donors (Lipinski definition) is 1. The van der Waals surface area contributed by atoms with E-state index in [-0.39, 0.29) is 33.0 Å². The van der Waals surface area contributed by atoms with E-state index in [1.807, 2.05) is 152 Å². The molecule has 11 heteroatoms. The first kappa shape index (κ1) is 41.4. The topological polar surface area (TPSA) is 113 Å². The Bertz CT molecular complexity index is 1940. The molecule has 3 heterocycles. The molecule has 0 aliphatic carbocycles. The molecule has 11 nitrogen and oxygen atoms in total. The number of methoxy groups -OCH3 is 1. The molecule has 0 bridgehead atoms. The lowest BCUT2D eigenvalue weighted by Gasteiger charge is -2.50. The maximum Gasteiger partial charge on any atom is 0.187 e. The Morgan fingerprint density at radius 1 is 0.525 bits per heavy atom. The van der Waals surface area contributed by atoms with Crippen LogP contribution in [0.4, 0.5) is 0 Å². The Kier molecular flexibility index (Phi) is 14.6. The van der Waals surface area contributed by atoms with E-state index in [4.69, 9.17) is 47.4 Å². The van der Waals surface area contributed by atoms with Crippen molar-refractivity contribution in [3.63, 3.8) is 0 Å². The highest BCUT2D eigenvalue weighted by Gasteiger charge is 2.55. The van der Waals surface area contributed by atoms with E-state index in [2.05, 4.69) is 0 Å². The first-order valence-corrected chi connectivity index (χ1v) is 20.2. The Balaban J connectivity index is 1.11. The van der Waals surface area contributed by atoms with Gasteiger partial charge in [-0.2, -0.15) is 0 Å². The summed E-state index contributed by atoms with van der Waals surface area (Å²) in [6.07, 6.45) is -9.42. The number of aliphatic hydroxyl groups excluding tert-OH is 1. The first-order chi connectivity index (χ1) is 29.1. The van der Waals surface area contributed by atoms with E-state index < -0.39 is 67.7 Å². The third-order valence-corrected chi connectivity index (χ3v) is 10.7. The molecule has 11 atom stereocenters. The molecule has 3 aliphatic heterocycles. The van der Waals surface area contributed by atoms with Crippen LogP contribution in [0.2, 0.25) is 0 Å². The van der Waals surface area contributed by atoms with Gasteiger partial charge in [-0.15, -0.1) is 0 Å². The average molecular weight is 805 g/mol. The summed E-state index contributed by atoms with van der Waals surface area (Å²) in [6, 6.07) is 49.3. The summed E-state index contributed by atoms with van der Waals surface area (Å²) < 4.78 is 65.2. The van der Waals surface area contributed by atoms with E-state index in [9.17, 15) is 5.11 Å². The molecule has 310 valence electrons. The van der Waals surface area contributed by atoms with Gasteiger partial charge in [-0.3, -0.25) is 0 Å². The summed E-state index contributed by atoms with van der Waals surface area (Å²) in [6.45, 7) is 1.47. The van der Waals surface area contributed by atoms with Crippen molar-refractivity contribution in [3.05, 3.63) is 179 Å². The minimum atomic E-state index is -1.20. The molecular weight excluding hydrogens is 753 g/mol. The van der Waals surface area contributed by atoms with E-state index in [1.165, 1.54) is 7.11 Å². The fraction of sp³-hybridized carbons (Fsp3) is 0.375. The lowest BCUT2D eigenvalue weighted by Crippen LogP contribution is -2.66. The second-order valence-electron chi connectivity index (χ2n) is 14.9. The standard InChI is InChI=1S/C48H52O11/c1-50-47-43(40(49)41-39(56-47)32-55-46(58-41)37-25-15-6-16-26-37)59-48-45(54-30-36-23-13-5-14-24-36)44(53-29-35-21-11-4-12-22-35)42(52-28-34-19-9-3-10-20-34)38(57-48)31-51-27-33-17-7-2-8-18-33/h2-26,38-49H,27-32H2,1H3/t38-,39-,40+,41-,42-,43-,44+,45-,46?,47-,48+/m1/s1. The van der Waals surface area contributed by atoms with Gasteiger partial charge in [0.15, 0.2) is 18.9 Å². The molecule has 0 radical (unpaired) electrons. The highest BCUT2D eigenvalue weighted by Crippen LogP contribution is 2.38. The molecule has 3 saturated heterocycles. The molecule has 5 aromatic carbocycles. The van der Waals surface area contributed by atoms with Gasteiger partial charge in [0.1, 0.15) is 48.8 Å². The van der Waals surface area contributed by atoms with Crippen molar-refractivity contribution in [2.45, 2.75) is 94.1 Å².